The standard InChI is InChI=1S/C18H26O6/c1-5-23-16(21)18(17(22)24-6-2)10-14(9-7-8-12(3)19)15(11-18)13(4)20/h5-11H2,1-4H3. The van der Waals surface area contributed by atoms with E-state index in [4.69, 9.17) is 9.47 Å². The van der Waals surface area contributed by atoms with E-state index < -0.39 is 17.4 Å². The van der Waals surface area contributed by atoms with Gasteiger partial charge in [-0.05, 0) is 52.5 Å². The van der Waals surface area contributed by atoms with E-state index in [1.165, 1.54) is 13.8 Å². The summed E-state index contributed by atoms with van der Waals surface area (Å²) in [5.41, 5.74) is -0.233. The van der Waals surface area contributed by atoms with Gasteiger partial charge in [0.05, 0.1) is 13.2 Å². The van der Waals surface area contributed by atoms with Gasteiger partial charge in [0, 0.05) is 12.8 Å². The van der Waals surface area contributed by atoms with Gasteiger partial charge >= 0.3 is 11.9 Å². The summed E-state index contributed by atoms with van der Waals surface area (Å²) in [5.74, 6) is -1.39. The number of ketones is 2. The first-order chi connectivity index (χ1) is 11.3. The van der Waals surface area contributed by atoms with Gasteiger partial charge in [-0.1, -0.05) is 5.57 Å². The first-order valence-electron chi connectivity index (χ1n) is 8.34. The summed E-state index contributed by atoms with van der Waals surface area (Å²) < 4.78 is 10.2. The zero-order chi connectivity index (χ0) is 18.3. The highest BCUT2D eigenvalue weighted by Crippen LogP contribution is 2.46. The summed E-state index contributed by atoms with van der Waals surface area (Å²) in [4.78, 5) is 48.0. The van der Waals surface area contributed by atoms with Gasteiger partial charge in [0.15, 0.2) is 11.2 Å². The van der Waals surface area contributed by atoms with Crippen LogP contribution in [0.4, 0.5) is 0 Å². The summed E-state index contributed by atoms with van der Waals surface area (Å²) in [6.45, 7) is 6.56. The number of hydrogen-bond acceptors (Lipinski definition) is 6. The second-order valence-electron chi connectivity index (χ2n) is 6.07. The van der Waals surface area contributed by atoms with E-state index in [1.54, 1.807) is 13.8 Å². The second kappa shape index (κ2) is 8.76. The highest BCUT2D eigenvalue weighted by molar-refractivity contribution is 6.05. The number of esters is 2. The molecule has 1 rings (SSSR count). The Labute approximate surface area is 142 Å². The summed E-state index contributed by atoms with van der Waals surface area (Å²) >= 11 is 0. The molecular formula is C18H26O6. The van der Waals surface area contributed by atoms with Crippen LogP contribution in [0, 0.1) is 5.41 Å². The van der Waals surface area contributed by atoms with Crippen LogP contribution in [-0.2, 0) is 28.7 Å². The van der Waals surface area contributed by atoms with Crippen molar-refractivity contribution in [3.05, 3.63) is 11.1 Å². The van der Waals surface area contributed by atoms with Crippen molar-refractivity contribution in [1.82, 2.24) is 0 Å². The van der Waals surface area contributed by atoms with Gasteiger partial charge in [-0.3, -0.25) is 14.4 Å². The molecule has 0 saturated carbocycles. The topological polar surface area (TPSA) is 86.7 Å². The maximum atomic E-state index is 12.5. The van der Waals surface area contributed by atoms with Crippen LogP contribution in [0.1, 0.15) is 59.8 Å². The third-order valence-electron chi connectivity index (χ3n) is 4.19. The fraction of sp³-hybridized carbons (Fsp3) is 0.667. The fourth-order valence-corrected chi connectivity index (χ4v) is 3.03. The van der Waals surface area contributed by atoms with Crippen LogP contribution >= 0.6 is 0 Å². The molecule has 1 aliphatic rings. The SMILES string of the molecule is CCOC(=O)C1(C(=O)OCC)CC(CCCC(C)=O)=C(C(C)=O)C1. The van der Waals surface area contributed by atoms with Crippen LogP contribution in [0.3, 0.4) is 0 Å². The molecule has 0 saturated heterocycles. The fourth-order valence-electron chi connectivity index (χ4n) is 3.03. The Kier molecular flexibility index (Phi) is 7.32. The molecule has 0 amide bonds. The first-order valence-corrected chi connectivity index (χ1v) is 8.34. The molecule has 0 aliphatic heterocycles. The Hall–Kier alpha value is -1.98. The number of hydrogen-bond donors (Lipinski definition) is 0. The molecule has 0 unspecified atom stereocenters. The molecule has 6 nitrogen and oxygen atoms in total. The summed E-state index contributed by atoms with van der Waals surface area (Å²) in [6.07, 6.45) is 1.63. The first kappa shape index (κ1) is 20.1. The maximum absolute atomic E-state index is 12.5. The van der Waals surface area contributed by atoms with E-state index in [1.807, 2.05) is 0 Å². The van der Waals surface area contributed by atoms with E-state index >= 15 is 0 Å². The monoisotopic (exact) mass is 338 g/mol. The predicted octanol–water partition coefficient (Wildman–Crippen LogP) is 2.54. The lowest BCUT2D eigenvalue weighted by Crippen LogP contribution is -2.40. The molecule has 24 heavy (non-hydrogen) atoms. The molecule has 0 aromatic rings. The van der Waals surface area contributed by atoms with Gasteiger partial charge in [-0.15, -0.1) is 0 Å². The van der Waals surface area contributed by atoms with E-state index in [9.17, 15) is 19.2 Å². The van der Waals surface area contributed by atoms with Crippen molar-refractivity contribution in [1.29, 1.82) is 0 Å². The summed E-state index contributed by atoms with van der Waals surface area (Å²) in [6, 6.07) is 0. The lowest BCUT2D eigenvalue weighted by atomic mass is 9.83. The number of carbonyl (C=O) groups excluding carboxylic acids is 4. The van der Waals surface area contributed by atoms with Gasteiger partial charge in [0.2, 0.25) is 0 Å². The molecule has 134 valence electrons. The molecule has 0 heterocycles. The van der Waals surface area contributed by atoms with Crippen molar-refractivity contribution < 1.29 is 28.7 Å². The van der Waals surface area contributed by atoms with Crippen LogP contribution in [0.15, 0.2) is 11.1 Å². The van der Waals surface area contributed by atoms with Crippen molar-refractivity contribution in [2.24, 2.45) is 5.41 Å². The molecular weight excluding hydrogens is 312 g/mol. The van der Waals surface area contributed by atoms with E-state index in [0.717, 1.165) is 5.57 Å². The van der Waals surface area contributed by atoms with Crippen LogP contribution in [0.5, 0.6) is 0 Å². The molecule has 0 atom stereocenters. The molecule has 6 heteroatoms. The quantitative estimate of drug-likeness (QED) is 0.474. The summed E-state index contributed by atoms with van der Waals surface area (Å²) in [5, 5.41) is 0. The predicted molar refractivity (Wildman–Crippen MR) is 87.2 cm³/mol. The Morgan fingerprint density at radius 1 is 0.958 bits per heavy atom. The Bertz CT molecular complexity index is 540. The molecule has 0 bridgehead atoms. The van der Waals surface area contributed by atoms with Gasteiger partial charge in [-0.25, -0.2) is 0 Å². The van der Waals surface area contributed by atoms with E-state index in [-0.39, 0.29) is 37.6 Å². The zero-order valence-electron chi connectivity index (χ0n) is 14.9. The van der Waals surface area contributed by atoms with Crippen LogP contribution in [0.2, 0.25) is 0 Å². The lowest BCUT2D eigenvalue weighted by Gasteiger charge is -2.25. The molecule has 0 N–H and O–H groups in total. The average Bonchev–Trinajstić information content (AvgIpc) is 2.89. The summed E-state index contributed by atoms with van der Waals surface area (Å²) in [7, 11) is 0. The molecule has 0 aromatic carbocycles. The largest absolute Gasteiger partial charge is 0.465 e. The van der Waals surface area contributed by atoms with Crippen LogP contribution < -0.4 is 0 Å². The lowest BCUT2D eigenvalue weighted by molar-refractivity contribution is -0.171. The van der Waals surface area contributed by atoms with Gasteiger partial charge in [-0.2, -0.15) is 0 Å². The minimum Gasteiger partial charge on any atom is -0.465 e. The smallest absolute Gasteiger partial charge is 0.324 e. The van der Waals surface area contributed by atoms with E-state index in [0.29, 0.717) is 24.8 Å². The maximum Gasteiger partial charge on any atom is 0.324 e. The zero-order valence-corrected chi connectivity index (χ0v) is 14.9. The number of allylic oxidation sites excluding steroid dienone is 2. The Morgan fingerprint density at radius 2 is 1.50 bits per heavy atom. The number of carbonyl (C=O) groups is 4. The Morgan fingerprint density at radius 3 is 1.92 bits per heavy atom. The van der Waals surface area contributed by atoms with Gasteiger partial charge in [0.25, 0.3) is 0 Å². The Balaban J connectivity index is 3.08. The minimum absolute atomic E-state index is 0.00933. The van der Waals surface area contributed by atoms with Crippen molar-refractivity contribution in [3.8, 4) is 0 Å². The molecule has 0 spiro atoms. The normalized spacial score (nSPS) is 16.0. The highest BCUT2D eigenvalue weighted by Gasteiger charge is 2.54. The van der Waals surface area contributed by atoms with Crippen molar-refractivity contribution >= 4 is 23.5 Å². The van der Waals surface area contributed by atoms with Gasteiger partial charge in [0.1, 0.15) is 5.78 Å². The average molecular weight is 338 g/mol. The van der Waals surface area contributed by atoms with Crippen molar-refractivity contribution in [3.63, 3.8) is 0 Å². The highest BCUT2D eigenvalue weighted by atomic mass is 16.6. The minimum atomic E-state index is -1.47. The molecule has 0 aromatic heterocycles. The van der Waals surface area contributed by atoms with Crippen molar-refractivity contribution in [2.75, 3.05) is 13.2 Å². The van der Waals surface area contributed by atoms with Crippen LogP contribution in [-0.4, -0.2) is 36.7 Å². The van der Waals surface area contributed by atoms with Crippen molar-refractivity contribution in [2.45, 2.75) is 59.8 Å². The number of Topliss-reactive ketones (excluding diaryl/α,β-unsaturated/α-hetero) is 2. The second-order valence-corrected chi connectivity index (χ2v) is 6.07. The van der Waals surface area contributed by atoms with Gasteiger partial charge < -0.3 is 14.3 Å². The number of ether oxygens (including phenoxy) is 2. The molecule has 1 aliphatic carbocycles. The molecule has 0 radical (unpaired) electrons. The molecule has 0 fully saturated rings. The van der Waals surface area contributed by atoms with Crippen LogP contribution in [0.25, 0.3) is 0 Å². The number of rotatable bonds is 9. The third-order valence-corrected chi connectivity index (χ3v) is 4.19. The van der Waals surface area contributed by atoms with E-state index in [2.05, 4.69) is 0 Å². The third kappa shape index (κ3) is 4.52.